The van der Waals surface area contributed by atoms with Crippen LogP contribution >= 0.6 is 0 Å². The van der Waals surface area contributed by atoms with E-state index >= 15 is 0 Å². The summed E-state index contributed by atoms with van der Waals surface area (Å²) in [4.78, 5) is 12.5. The van der Waals surface area contributed by atoms with Crippen LogP contribution < -0.4 is 5.32 Å². The van der Waals surface area contributed by atoms with Gasteiger partial charge in [0.25, 0.3) is 0 Å². The number of nitrogens with one attached hydrogen (secondary N) is 1. The van der Waals surface area contributed by atoms with Crippen LogP contribution in [0.4, 0.5) is 0 Å². The first-order chi connectivity index (χ1) is 11.4. The summed E-state index contributed by atoms with van der Waals surface area (Å²) in [7, 11) is 0. The molecule has 0 spiro atoms. The second-order valence-corrected chi connectivity index (χ2v) is 6.49. The monoisotopic (exact) mass is 329 g/mol. The number of rotatable bonds is 7. The molecule has 2 N–H and O–H groups in total. The zero-order valence-electron chi connectivity index (χ0n) is 14.9. The summed E-state index contributed by atoms with van der Waals surface area (Å²) in [5.74, 6) is 0.0236. The average Bonchev–Trinajstić information content (AvgIpc) is 2.89. The van der Waals surface area contributed by atoms with Gasteiger partial charge < -0.3 is 10.4 Å². The van der Waals surface area contributed by atoms with Crippen LogP contribution in [0.5, 0.6) is 0 Å². The van der Waals surface area contributed by atoms with Crippen molar-refractivity contribution in [3.05, 3.63) is 53.3 Å². The normalized spacial score (nSPS) is 14.9. The van der Waals surface area contributed by atoms with Crippen LogP contribution in [0.2, 0.25) is 0 Å². The summed E-state index contributed by atoms with van der Waals surface area (Å²) in [5, 5.41) is 17.1. The molecule has 130 valence electrons. The molecule has 5 heteroatoms. The van der Waals surface area contributed by atoms with Gasteiger partial charge in [-0.05, 0) is 45.7 Å². The molecule has 1 aromatic carbocycles. The molecule has 3 atom stereocenters. The summed E-state index contributed by atoms with van der Waals surface area (Å²) in [5.41, 5.74) is 3.00. The van der Waals surface area contributed by atoms with Crippen LogP contribution in [-0.2, 0) is 4.79 Å². The van der Waals surface area contributed by atoms with E-state index in [2.05, 4.69) is 10.4 Å². The third-order valence-corrected chi connectivity index (χ3v) is 4.21. The molecule has 0 bridgehead atoms. The first kappa shape index (κ1) is 18.2. The van der Waals surface area contributed by atoms with Gasteiger partial charge in [0, 0.05) is 18.2 Å². The lowest BCUT2D eigenvalue weighted by atomic mass is 9.93. The van der Waals surface area contributed by atoms with Crippen LogP contribution in [0.1, 0.15) is 49.2 Å². The molecule has 2 rings (SSSR count). The van der Waals surface area contributed by atoms with Gasteiger partial charge >= 0.3 is 0 Å². The highest BCUT2D eigenvalue weighted by molar-refractivity contribution is 5.79. The molecule has 0 saturated heterocycles. The minimum absolute atomic E-state index is 0.0623. The van der Waals surface area contributed by atoms with Gasteiger partial charge in [0.05, 0.1) is 11.8 Å². The van der Waals surface area contributed by atoms with E-state index in [-0.39, 0.29) is 17.9 Å². The van der Waals surface area contributed by atoms with Crippen LogP contribution in [0.25, 0.3) is 0 Å². The zero-order chi connectivity index (χ0) is 17.7. The Morgan fingerprint density at radius 2 is 1.92 bits per heavy atom. The van der Waals surface area contributed by atoms with Crippen LogP contribution in [0.15, 0.2) is 36.4 Å². The number of hydrogen-bond acceptors (Lipinski definition) is 3. The highest BCUT2D eigenvalue weighted by Gasteiger charge is 2.20. The third-order valence-electron chi connectivity index (χ3n) is 4.21. The maximum atomic E-state index is 12.5. The van der Waals surface area contributed by atoms with Gasteiger partial charge in [-0.1, -0.05) is 30.3 Å². The van der Waals surface area contributed by atoms with Crippen molar-refractivity contribution in [3.63, 3.8) is 0 Å². The molecular formula is C19H27N3O2. The fraction of sp³-hybridized carbons (Fsp3) is 0.474. The Labute approximate surface area is 143 Å². The Bertz CT molecular complexity index is 665. The zero-order valence-corrected chi connectivity index (χ0v) is 14.9. The molecule has 0 aliphatic heterocycles. The number of amides is 1. The Hall–Kier alpha value is -2.14. The predicted octanol–water partition coefficient (Wildman–Crippen LogP) is 2.73. The lowest BCUT2D eigenvalue weighted by Gasteiger charge is -2.21. The number of aliphatic hydroxyl groups is 1. The summed E-state index contributed by atoms with van der Waals surface area (Å²) in [6.45, 7) is 7.99. The minimum atomic E-state index is -0.416. The van der Waals surface area contributed by atoms with E-state index in [0.717, 1.165) is 17.0 Å². The SMILES string of the molecule is Cc1cc(C)n([C@H](C)C(=O)NC[C@@H](C[C@@H](C)O)c2ccccc2)n1. The van der Waals surface area contributed by atoms with E-state index in [1.807, 2.05) is 57.2 Å². The lowest BCUT2D eigenvalue weighted by molar-refractivity contribution is -0.124. The highest BCUT2D eigenvalue weighted by atomic mass is 16.3. The van der Waals surface area contributed by atoms with Crippen molar-refractivity contribution in [1.29, 1.82) is 0 Å². The van der Waals surface area contributed by atoms with Gasteiger partial charge in [-0.3, -0.25) is 9.48 Å². The molecule has 1 heterocycles. The Morgan fingerprint density at radius 1 is 1.25 bits per heavy atom. The number of aromatic nitrogens is 2. The quantitative estimate of drug-likeness (QED) is 0.821. The van der Waals surface area contributed by atoms with Gasteiger partial charge in [-0.2, -0.15) is 5.10 Å². The lowest BCUT2D eigenvalue weighted by Crippen LogP contribution is -2.35. The largest absolute Gasteiger partial charge is 0.393 e. The van der Waals surface area contributed by atoms with E-state index in [4.69, 9.17) is 0 Å². The fourth-order valence-electron chi connectivity index (χ4n) is 2.99. The van der Waals surface area contributed by atoms with Crippen LogP contribution in [0, 0.1) is 13.8 Å². The molecular weight excluding hydrogens is 302 g/mol. The molecule has 24 heavy (non-hydrogen) atoms. The van der Waals surface area contributed by atoms with Gasteiger partial charge in [0.15, 0.2) is 0 Å². The van der Waals surface area contributed by atoms with Gasteiger partial charge in [0.2, 0.25) is 5.91 Å². The molecule has 5 nitrogen and oxygen atoms in total. The number of aryl methyl sites for hydroxylation is 2. The van der Waals surface area contributed by atoms with Crippen molar-refractivity contribution in [2.75, 3.05) is 6.54 Å². The third kappa shape index (κ3) is 4.68. The van der Waals surface area contributed by atoms with E-state index in [1.165, 1.54) is 0 Å². The van der Waals surface area contributed by atoms with E-state index < -0.39 is 6.10 Å². The number of carbonyl (C=O) groups excluding carboxylic acids is 1. The van der Waals surface area contributed by atoms with Crippen molar-refractivity contribution >= 4 is 5.91 Å². The standard InChI is InChI=1S/C19H27N3O2/c1-13-10-14(2)22(21-13)16(4)19(24)20-12-18(11-15(3)23)17-8-6-5-7-9-17/h5-10,15-16,18,23H,11-12H2,1-4H3,(H,20,24)/t15-,16-,18-/m1/s1. The number of aliphatic hydroxyl groups excluding tert-OH is 1. The Kier molecular flexibility index (Phi) is 6.15. The topological polar surface area (TPSA) is 67.2 Å². The second-order valence-electron chi connectivity index (χ2n) is 6.49. The van der Waals surface area contributed by atoms with Crippen molar-refractivity contribution in [3.8, 4) is 0 Å². The number of carbonyl (C=O) groups is 1. The summed E-state index contributed by atoms with van der Waals surface area (Å²) in [6, 6.07) is 11.6. The molecule has 1 amide bonds. The van der Waals surface area contributed by atoms with Gasteiger partial charge in [-0.25, -0.2) is 0 Å². The Balaban J connectivity index is 2.03. The van der Waals surface area contributed by atoms with Crippen molar-refractivity contribution in [2.45, 2.75) is 52.2 Å². The Morgan fingerprint density at radius 3 is 2.46 bits per heavy atom. The van der Waals surface area contributed by atoms with Gasteiger partial charge in [-0.15, -0.1) is 0 Å². The molecule has 0 fully saturated rings. The molecule has 0 saturated carbocycles. The molecule has 0 unspecified atom stereocenters. The van der Waals surface area contributed by atoms with Crippen molar-refractivity contribution in [2.24, 2.45) is 0 Å². The summed E-state index contributed by atoms with van der Waals surface area (Å²) in [6.07, 6.45) is 0.194. The number of hydrogen-bond donors (Lipinski definition) is 2. The second kappa shape index (κ2) is 8.11. The van der Waals surface area contributed by atoms with E-state index in [9.17, 15) is 9.90 Å². The minimum Gasteiger partial charge on any atom is -0.393 e. The summed E-state index contributed by atoms with van der Waals surface area (Å²) < 4.78 is 1.75. The maximum Gasteiger partial charge on any atom is 0.244 e. The average molecular weight is 329 g/mol. The van der Waals surface area contributed by atoms with Crippen molar-refractivity contribution in [1.82, 2.24) is 15.1 Å². The molecule has 2 aromatic rings. The molecule has 1 aromatic heterocycles. The maximum absolute atomic E-state index is 12.5. The molecule has 0 radical (unpaired) electrons. The fourth-order valence-corrected chi connectivity index (χ4v) is 2.99. The summed E-state index contributed by atoms with van der Waals surface area (Å²) >= 11 is 0. The van der Waals surface area contributed by atoms with Crippen molar-refractivity contribution < 1.29 is 9.90 Å². The highest BCUT2D eigenvalue weighted by Crippen LogP contribution is 2.21. The first-order valence-corrected chi connectivity index (χ1v) is 8.42. The number of benzene rings is 1. The molecule has 0 aliphatic carbocycles. The smallest absolute Gasteiger partial charge is 0.244 e. The van der Waals surface area contributed by atoms with Gasteiger partial charge in [0.1, 0.15) is 6.04 Å². The first-order valence-electron chi connectivity index (χ1n) is 8.42. The number of nitrogens with zero attached hydrogens (tertiary/aromatic N) is 2. The predicted molar refractivity (Wildman–Crippen MR) is 94.9 cm³/mol. The molecule has 0 aliphatic rings. The van der Waals surface area contributed by atoms with Crippen LogP contribution in [-0.4, -0.2) is 33.4 Å². The van der Waals surface area contributed by atoms with E-state index in [1.54, 1.807) is 11.6 Å². The van der Waals surface area contributed by atoms with Crippen LogP contribution in [0.3, 0.4) is 0 Å². The van der Waals surface area contributed by atoms with E-state index in [0.29, 0.717) is 13.0 Å².